The Kier molecular flexibility index (Phi) is 5.13. The van der Waals surface area contributed by atoms with Crippen molar-refractivity contribution in [1.82, 2.24) is 0 Å². The highest BCUT2D eigenvalue weighted by atomic mass is 16.3. The lowest BCUT2D eigenvalue weighted by molar-refractivity contribution is -0.135. The van der Waals surface area contributed by atoms with Crippen molar-refractivity contribution in [3.63, 3.8) is 0 Å². The molecule has 0 aromatic carbocycles. The molecule has 2 nitrogen and oxygen atoms in total. The van der Waals surface area contributed by atoms with E-state index >= 15 is 0 Å². The summed E-state index contributed by atoms with van der Waals surface area (Å²) in [6.45, 7) is 15.8. The summed E-state index contributed by atoms with van der Waals surface area (Å²) in [5, 5.41) is 21.8. The van der Waals surface area contributed by atoms with Crippen LogP contribution in [-0.2, 0) is 0 Å². The van der Waals surface area contributed by atoms with Crippen LogP contribution in [0.4, 0.5) is 0 Å². The summed E-state index contributed by atoms with van der Waals surface area (Å²) in [4.78, 5) is 0. The van der Waals surface area contributed by atoms with Crippen molar-refractivity contribution < 1.29 is 10.2 Å². The molecule has 10 atom stereocenters. The van der Waals surface area contributed by atoms with Crippen LogP contribution in [0.25, 0.3) is 0 Å². The zero-order chi connectivity index (χ0) is 22.4. The second-order valence-electron chi connectivity index (χ2n) is 13.8. The molecular weight excluding hydrogens is 380 g/mol. The molecule has 0 saturated heterocycles. The molecule has 0 amide bonds. The van der Waals surface area contributed by atoms with Crippen molar-refractivity contribution in [2.75, 3.05) is 0 Å². The lowest BCUT2D eigenvalue weighted by Crippen LogP contribution is -2.54. The molecule has 10 unspecified atom stereocenters. The number of aliphatic hydroxyl groups is 2. The van der Waals surface area contributed by atoms with Crippen LogP contribution in [0.1, 0.15) is 105 Å². The zero-order valence-electron chi connectivity index (χ0n) is 20.9. The van der Waals surface area contributed by atoms with Crippen LogP contribution in [0.5, 0.6) is 0 Å². The minimum atomic E-state index is -0.184. The highest BCUT2D eigenvalue weighted by Gasteiger charge is 2.80. The van der Waals surface area contributed by atoms with Gasteiger partial charge in [-0.05, 0) is 129 Å². The van der Waals surface area contributed by atoms with E-state index in [1.807, 2.05) is 0 Å². The standard InChI is InChI=1S/C29H48O2/c1-18(2)7-11-23(30)19(3)20-8-9-21-22-10-12-24-26(4,5)25(31)13-14-29(24)17-28(22,29)16-15-27(20,21)6/h19-25,30-31H,1,7-17H2,2-6H3. The SMILES string of the molecule is C=C(C)CCC(O)C(C)C1CCC2C3CCC4C(C)(C)C(O)CCC45CC35CCC12C. The monoisotopic (exact) mass is 428 g/mol. The predicted molar refractivity (Wildman–Crippen MR) is 127 cm³/mol. The van der Waals surface area contributed by atoms with Gasteiger partial charge in [-0.15, -0.1) is 6.58 Å². The molecule has 5 aliphatic rings. The fourth-order valence-electron chi connectivity index (χ4n) is 10.7. The van der Waals surface area contributed by atoms with Crippen molar-refractivity contribution >= 4 is 0 Å². The second-order valence-corrected chi connectivity index (χ2v) is 13.8. The Hall–Kier alpha value is -0.340. The maximum Gasteiger partial charge on any atom is 0.0594 e. The maximum atomic E-state index is 11.0. The second kappa shape index (κ2) is 7.08. The molecule has 0 radical (unpaired) electrons. The Balaban J connectivity index is 1.36. The molecule has 2 heteroatoms. The van der Waals surface area contributed by atoms with Gasteiger partial charge in [0.2, 0.25) is 0 Å². The molecule has 0 aliphatic heterocycles. The van der Waals surface area contributed by atoms with Gasteiger partial charge in [-0.3, -0.25) is 0 Å². The van der Waals surface area contributed by atoms with Crippen LogP contribution in [0, 0.1) is 51.2 Å². The number of rotatable bonds is 5. The molecule has 0 heterocycles. The quantitative estimate of drug-likeness (QED) is 0.475. The van der Waals surface area contributed by atoms with Gasteiger partial charge in [-0.1, -0.05) is 33.3 Å². The van der Waals surface area contributed by atoms with Gasteiger partial charge >= 0.3 is 0 Å². The van der Waals surface area contributed by atoms with Gasteiger partial charge in [0.25, 0.3) is 0 Å². The third-order valence-electron chi connectivity index (χ3n) is 12.4. The van der Waals surface area contributed by atoms with Crippen LogP contribution in [0.15, 0.2) is 12.2 Å². The Morgan fingerprint density at radius 1 is 0.968 bits per heavy atom. The minimum Gasteiger partial charge on any atom is -0.393 e. The molecule has 0 aromatic rings. The molecule has 176 valence electrons. The number of hydrogen-bond acceptors (Lipinski definition) is 2. The normalized spacial score (nSPS) is 51.6. The van der Waals surface area contributed by atoms with E-state index in [9.17, 15) is 10.2 Å². The molecule has 5 aliphatic carbocycles. The van der Waals surface area contributed by atoms with E-state index in [2.05, 4.69) is 41.2 Å². The summed E-state index contributed by atoms with van der Waals surface area (Å²) >= 11 is 0. The van der Waals surface area contributed by atoms with Crippen molar-refractivity contribution in [1.29, 1.82) is 0 Å². The molecule has 2 spiro atoms. The number of aliphatic hydroxyl groups excluding tert-OH is 2. The summed E-state index contributed by atoms with van der Waals surface area (Å²) < 4.78 is 0. The maximum absolute atomic E-state index is 11.0. The van der Waals surface area contributed by atoms with Gasteiger partial charge in [-0.2, -0.15) is 0 Å². The lowest BCUT2D eigenvalue weighted by atomic mass is 9.46. The fraction of sp³-hybridized carbons (Fsp3) is 0.931. The average Bonchev–Trinajstić information content (AvgIpc) is 3.26. The van der Waals surface area contributed by atoms with Crippen molar-refractivity contribution in [2.45, 2.75) is 117 Å². The van der Waals surface area contributed by atoms with Crippen molar-refractivity contribution in [3.05, 3.63) is 12.2 Å². The number of allylic oxidation sites excluding steroid dienone is 1. The van der Waals surface area contributed by atoms with Gasteiger partial charge in [0, 0.05) is 0 Å². The van der Waals surface area contributed by atoms with Crippen molar-refractivity contribution in [2.24, 2.45) is 51.2 Å². The van der Waals surface area contributed by atoms with E-state index in [-0.39, 0.29) is 17.6 Å². The molecule has 0 bridgehead atoms. The molecule has 5 fully saturated rings. The Morgan fingerprint density at radius 3 is 2.39 bits per heavy atom. The first kappa shape index (κ1) is 22.5. The van der Waals surface area contributed by atoms with Gasteiger partial charge in [0.05, 0.1) is 12.2 Å². The molecule has 31 heavy (non-hydrogen) atoms. The third-order valence-corrected chi connectivity index (χ3v) is 12.4. The first-order chi connectivity index (χ1) is 14.5. The van der Waals surface area contributed by atoms with Gasteiger partial charge in [-0.25, -0.2) is 0 Å². The molecule has 5 saturated carbocycles. The van der Waals surface area contributed by atoms with E-state index in [1.54, 1.807) is 0 Å². The Morgan fingerprint density at radius 2 is 1.68 bits per heavy atom. The molecule has 5 rings (SSSR count). The highest BCUT2D eigenvalue weighted by molar-refractivity contribution is 5.28. The van der Waals surface area contributed by atoms with E-state index < -0.39 is 0 Å². The molecule has 0 aromatic heterocycles. The largest absolute Gasteiger partial charge is 0.393 e. The van der Waals surface area contributed by atoms with E-state index in [0.717, 1.165) is 37.0 Å². The summed E-state index contributed by atoms with van der Waals surface area (Å²) in [5.74, 6) is 3.56. The summed E-state index contributed by atoms with van der Waals surface area (Å²) in [6, 6.07) is 0. The Labute approximate surface area is 191 Å². The van der Waals surface area contributed by atoms with Crippen molar-refractivity contribution in [3.8, 4) is 0 Å². The van der Waals surface area contributed by atoms with Gasteiger partial charge in [0.15, 0.2) is 0 Å². The van der Waals surface area contributed by atoms with E-state index in [0.29, 0.717) is 28.1 Å². The lowest BCUT2D eigenvalue weighted by Gasteiger charge is -2.59. The number of fused-ring (bicyclic) bond motifs is 2. The first-order valence-corrected chi connectivity index (χ1v) is 13.5. The zero-order valence-corrected chi connectivity index (χ0v) is 20.9. The summed E-state index contributed by atoms with van der Waals surface area (Å²) in [6.07, 6.45) is 13.5. The number of hydrogen-bond donors (Lipinski definition) is 2. The summed E-state index contributed by atoms with van der Waals surface area (Å²) in [7, 11) is 0. The molecule has 2 N–H and O–H groups in total. The van der Waals surface area contributed by atoms with Crippen LogP contribution in [0.3, 0.4) is 0 Å². The van der Waals surface area contributed by atoms with Gasteiger partial charge in [0.1, 0.15) is 0 Å². The van der Waals surface area contributed by atoms with Gasteiger partial charge < -0.3 is 10.2 Å². The topological polar surface area (TPSA) is 40.5 Å². The summed E-state index contributed by atoms with van der Waals surface area (Å²) in [5.41, 5.74) is 2.84. The fourth-order valence-corrected chi connectivity index (χ4v) is 10.7. The highest BCUT2D eigenvalue weighted by Crippen LogP contribution is 2.87. The third kappa shape index (κ3) is 2.89. The predicted octanol–water partition coefficient (Wildman–Crippen LogP) is 6.75. The van der Waals surface area contributed by atoms with Crippen LogP contribution in [0.2, 0.25) is 0 Å². The smallest absolute Gasteiger partial charge is 0.0594 e. The average molecular weight is 429 g/mol. The first-order valence-electron chi connectivity index (χ1n) is 13.5. The van der Waals surface area contributed by atoms with Crippen LogP contribution < -0.4 is 0 Å². The van der Waals surface area contributed by atoms with Crippen LogP contribution in [-0.4, -0.2) is 22.4 Å². The van der Waals surface area contributed by atoms with E-state index in [1.165, 1.54) is 56.9 Å². The van der Waals surface area contributed by atoms with E-state index in [4.69, 9.17) is 0 Å². The van der Waals surface area contributed by atoms with Crippen LogP contribution >= 0.6 is 0 Å². The minimum absolute atomic E-state index is 0.0909. The molecular formula is C29H48O2. The Bertz CT molecular complexity index is 741.